The highest BCUT2D eigenvalue weighted by Gasteiger charge is 2.16. The Balaban J connectivity index is 2.54. The summed E-state index contributed by atoms with van der Waals surface area (Å²) in [6.07, 6.45) is 0. The van der Waals surface area contributed by atoms with E-state index in [2.05, 4.69) is 0 Å². The van der Waals surface area contributed by atoms with Gasteiger partial charge < -0.3 is 19.9 Å². The monoisotopic (exact) mass is 253 g/mol. The van der Waals surface area contributed by atoms with Gasteiger partial charge in [-0.25, -0.2) is 0 Å². The quantitative estimate of drug-likeness (QED) is 0.743. The number of esters is 1. The predicted octanol–water partition coefficient (Wildman–Crippen LogP) is 1.35. The first kappa shape index (κ1) is 14.3. The van der Waals surface area contributed by atoms with Gasteiger partial charge >= 0.3 is 5.97 Å². The van der Waals surface area contributed by atoms with Crippen LogP contribution in [0.1, 0.15) is 13.8 Å². The fraction of sp³-hybridized carbons (Fsp3) is 0.462. The summed E-state index contributed by atoms with van der Waals surface area (Å²) in [6, 6.07) is 6.45. The van der Waals surface area contributed by atoms with Crippen LogP contribution in [0, 0.1) is 0 Å². The summed E-state index contributed by atoms with van der Waals surface area (Å²) < 4.78 is 15.7. The molecular weight excluding hydrogens is 234 g/mol. The molecule has 2 N–H and O–H groups in total. The summed E-state index contributed by atoms with van der Waals surface area (Å²) in [4.78, 5) is 11.3. The second-order valence-corrected chi connectivity index (χ2v) is 3.55. The van der Waals surface area contributed by atoms with Gasteiger partial charge in [-0.1, -0.05) is 12.1 Å². The van der Waals surface area contributed by atoms with Crippen molar-refractivity contribution in [3.05, 3.63) is 24.3 Å². The number of rotatable bonds is 7. The molecule has 0 heterocycles. The van der Waals surface area contributed by atoms with Gasteiger partial charge in [-0.15, -0.1) is 0 Å². The summed E-state index contributed by atoms with van der Waals surface area (Å²) in [7, 11) is 0. The lowest BCUT2D eigenvalue weighted by Crippen LogP contribution is -2.37. The van der Waals surface area contributed by atoms with Gasteiger partial charge in [0.15, 0.2) is 11.5 Å². The van der Waals surface area contributed by atoms with Gasteiger partial charge in [-0.05, 0) is 26.0 Å². The summed E-state index contributed by atoms with van der Waals surface area (Å²) >= 11 is 0. The van der Waals surface area contributed by atoms with E-state index in [4.69, 9.17) is 19.9 Å². The standard InChI is InChI=1S/C13H19NO4/c1-3-16-11-7-5-6-8-12(11)18-9-10(14)13(15)17-4-2/h5-8,10H,3-4,9,14H2,1-2H3. The number of benzene rings is 1. The third-order valence-corrected chi connectivity index (χ3v) is 2.16. The van der Waals surface area contributed by atoms with E-state index in [0.717, 1.165) is 0 Å². The number of nitrogens with two attached hydrogens (primary N) is 1. The zero-order valence-corrected chi connectivity index (χ0v) is 10.7. The van der Waals surface area contributed by atoms with E-state index in [0.29, 0.717) is 24.7 Å². The lowest BCUT2D eigenvalue weighted by molar-refractivity contribution is -0.145. The first-order valence-electron chi connectivity index (χ1n) is 5.95. The zero-order valence-electron chi connectivity index (χ0n) is 10.7. The number of hydrogen-bond donors (Lipinski definition) is 1. The van der Waals surface area contributed by atoms with Crippen molar-refractivity contribution in [2.45, 2.75) is 19.9 Å². The smallest absolute Gasteiger partial charge is 0.326 e. The highest BCUT2D eigenvalue weighted by molar-refractivity contribution is 5.75. The van der Waals surface area contributed by atoms with Crippen LogP contribution in [0.3, 0.4) is 0 Å². The fourth-order valence-corrected chi connectivity index (χ4v) is 1.34. The largest absolute Gasteiger partial charge is 0.490 e. The fourth-order valence-electron chi connectivity index (χ4n) is 1.34. The minimum Gasteiger partial charge on any atom is -0.490 e. The molecule has 1 aromatic rings. The molecule has 0 amide bonds. The molecule has 5 nitrogen and oxygen atoms in total. The zero-order chi connectivity index (χ0) is 13.4. The maximum Gasteiger partial charge on any atom is 0.326 e. The second kappa shape index (κ2) is 7.55. The molecule has 0 fully saturated rings. The normalized spacial score (nSPS) is 11.7. The van der Waals surface area contributed by atoms with Crippen LogP contribution >= 0.6 is 0 Å². The maximum absolute atomic E-state index is 11.3. The van der Waals surface area contributed by atoms with Gasteiger partial charge in [0.1, 0.15) is 12.6 Å². The lowest BCUT2D eigenvalue weighted by atomic mass is 10.3. The number of ether oxygens (including phenoxy) is 3. The third-order valence-electron chi connectivity index (χ3n) is 2.16. The molecule has 0 aliphatic heterocycles. The van der Waals surface area contributed by atoms with Crippen molar-refractivity contribution >= 4 is 5.97 Å². The Labute approximate surface area is 107 Å². The third kappa shape index (κ3) is 4.25. The van der Waals surface area contributed by atoms with Crippen molar-refractivity contribution in [1.29, 1.82) is 0 Å². The highest BCUT2D eigenvalue weighted by atomic mass is 16.5. The average Bonchev–Trinajstić information content (AvgIpc) is 2.38. The van der Waals surface area contributed by atoms with E-state index in [9.17, 15) is 4.79 Å². The molecule has 18 heavy (non-hydrogen) atoms. The van der Waals surface area contributed by atoms with Crippen LogP contribution in [-0.4, -0.2) is 31.8 Å². The van der Waals surface area contributed by atoms with Crippen molar-refractivity contribution in [1.82, 2.24) is 0 Å². The summed E-state index contributed by atoms with van der Waals surface area (Å²) in [5, 5.41) is 0. The predicted molar refractivity (Wildman–Crippen MR) is 67.7 cm³/mol. The minimum atomic E-state index is -0.792. The van der Waals surface area contributed by atoms with Gasteiger partial charge in [-0.2, -0.15) is 0 Å². The van der Waals surface area contributed by atoms with Gasteiger partial charge in [-0.3, -0.25) is 4.79 Å². The molecule has 0 aromatic heterocycles. The summed E-state index contributed by atoms with van der Waals surface area (Å²) in [5.41, 5.74) is 5.63. The molecule has 1 atom stereocenters. The molecule has 0 aliphatic rings. The van der Waals surface area contributed by atoms with Gasteiger partial charge in [0.2, 0.25) is 0 Å². The lowest BCUT2D eigenvalue weighted by Gasteiger charge is -2.14. The molecule has 1 unspecified atom stereocenters. The molecule has 0 radical (unpaired) electrons. The number of hydrogen-bond acceptors (Lipinski definition) is 5. The Hall–Kier alpha value is -1.75. The van der Waals surface area contributed by atoms with E-state index in [1.807, 2.05) is 19.1 Å². The first-order chi connectivity index (χ1) is 8.69. The molecule has 0 saturated heterocycles. The number of para-hydroxylation sites is 2. The van der Waals surface area contributed by atoms with E-state index in [1.54, 1.807) is 19.1 Å². The van der Waals surface area contributed by atoms with Crippen LogP contribution in [0.4, 0.5) is 0 Å². The Morgan fingerprint density at radius 3 is 2.33 bits per heavy atom. The van der Waals surface area contributed by atoms with E-state index in [1.165, 1.54) is 0 Å². The summed E-state index contributed by atoms with van der Waals surface area (Å²) in [6.45, 7) is 4.53. The van der Waals surface area contributed by atoms with Crippen LogP contribution in [0.2, 0.25) is 0 Å². The Bertz CT molecular complexity index is 381. The summed E-state index contributed by atoms with van der Waals surface area (Å²) in [5.74, 6) is 0.738. The van der Waals surface area contributed by atoms with Crippen molar-refractivity contribution < 1.29 is 19.0 Å². The Kier molecular flexibility index (Phi) is 6.00. The SMILES string of the molecule is CCOC(=O)C(N)COc1ccccc1OCC. The van der Waals surface area contributed by atoms with Crippen molar-refractivity contribution in [2.75, 3.05) is 19.8 Å². The van der Waals surface area contributed by atoms with Crippen molar-refractivity contribution in [3.8, 4) is 11.5 Å². The molecule has 0 aliphatic carbocycles. The molecule has 5 heteroatoms. The highest BCUT2D eigenvalue weighted by Crippen LogP contribution is 2.26. The first-order valence-corrected chi connectivity index (χ1v) is 5.95. The second-order valence-electron chi connectivity index (χ2n) is 3.55. The molecule has 0 saturated carbocycles. The van der Waals surface area contributed by atoms with Crippen molar-refractivity contribution in [3.63, 3.8) is 0 Å². The molecule has 0 spiro atoms. The van der Waals surface area contributed by atoms with Crippen molar-refractivity contribution in [2.24, 2.45) is 5.73 Å². The average molecular weight is 253 g/mol. The van der Waals surface area contributed by atoms with Crippen LogP contribution < -0.4 is 15.2 Å². The van der Waals surface area contributed by atoms with Gasteiger partial charge in [0, 0.05) is 0 Å². The Morgan fingerprint density at radius 2 is 1.78 bits per heavy atom. The Morgan fingerprint density at radius 1 is 1.17 bits per heavy atom. The molecule has 0 bridgehead atoms. The van der Waals surface area contributed by atoms with E-state index >= 15 is 0 Å². The van der Waals surface area contributed by atoms with E-state index in [-0.39, 0.29) is 6.61 Å². The topological polar surface area (TPSA) is 70.8 Å². The molecule has 1 rings (SSSR count). The minimum absolute atomic E-state index is 0.0585. The maximum atomic E-state index is 11.3. The van der Waals surface area contributed by atoms with Gasteiger partial charge in [0.05, 0.1) is 13.2 Å². The van der Waals surface area contributed by atoms with Crippen LogP contribution in [0.15, 0.2) is 24.3 Å². The number of carbonyl (C=O) groups is 1. The van der Waals surface area contributed by atoms with Crippen LogP contribution in [0.25, 0.3) is 0 Å². The molecule has 100 valence electrons. The van der Waals surface area contributed by atoms with Crippen LogP contribution in [0.5, 0.6) is 11.5 Å². The van der Waals surface area contributed by atoms with Crippen LogP contribution in [-0.2, 0) is 9.53 Å². The number of carbonyl (C=O) groups excluding carboxylic acids is 1. The van der Waals surface area contributed by atoms with Gasteiger partial charge in [0.25, 0.3) is 0 Å². The molecular formula is C13H19NO4. The molecule has 1 aromatic carbocycles. The van der Waals surface area contributed by atoms with E-state index < -0.39 is 12.0 Å².